The first-order chi connectivity index (χ1) is 14.2. The number of nitrogens with one attached hydrogen (secondary N) is 1. The quantitative estimate of drug-likeness (QED) is 0.562. The minimum absolute atomic E-state index is 0.254. The van der Waals surface area contributed by atoms with E-state index in [9.17, 15) is 23.1 Å². The van der Waals surface area contributed by atoms with Crippen LogP contribution >= 0.6 is 0 Å². The van der Waals surface area contributed by atoms with Crippen molar-refractivity contribution in [1.29, 1.82) is 0 Å². The maximum Gasteiger partial charge on any atom is 0.416 e. The Morgan fingerprint density at radius 2 is 1.80 bits per heavy atom. The van der Waals surface area contributed by atoms with Crippen LogP contribution in [0.25, 0.3) is 10.8 Å². The molecule has 0 unspecified atom stereocenters. The SMILES string of the molecule is C[C@@H](NC(=O)c1ccc2c(Oc3ccc(C(F)(F)F)cc3)cccc2c1)[C@H](O)CO. The topological polar surface area (TPSA) is 78.8 Å². The Morgan fingerprint density at radius 1 is 1.10 bits per heavy atom. The fourth-order valence-corrected chi connectivity index (χ4v) is 2.87. The lowest BCUT2D eigenvalue weighted by molar-refractivity contribution is -0.137. The summed E-state index contributed by atoms with van der Waals surface area (Å²) in [6.07, 6.45) is -5.49. The van der Waals surface area contributed by atoms with Gasteiger partial charge in [-0.3, -0.25) is 4.79 Å². The molecule has 3 aromatic rings. The summed E-state index contributed by atoms with van der Waals surface area (Å²) >= 11 is 0. The minimum Gasteiger partial charge on any atom is -0.457 e. The van der Waals surface area contributed by atoms with Crippen LogP contribution in [-0.2, 0) is 6.18 Å². The lowest BCUT2D eigenvalue weighted by atomic mass is 10.0. The molecule has 0 radical (unpaired) electrons. The van der Waals surface area contributed by atoms with E-state index in [1.807, 2.05) is 0 Å². The molecule has 3 rings (SSSR count). The van der Waals surface area contributed by atoms with E-state index in [4.69, 9.17) is 9.84 Å². The van der Waals surface area contributed by atoms with Gasteiger partial charge in [-0.15, -0.1) is 0 Å². The molecule has 0 saturated heterocycles. The summed E-state index contributed by atoms with van der Waals surface area (Å²) < 4.78 is 43.8. The van der Waals surface area contributed by atoms with E-state index >= 15 is 0 Å². The Bertz CT molecular complexity index is 1030. The zero-order valence-corrected chi connectivity index (χ0v) is 16.0. The van der Waals surface area contributed by atoms with Crippen molar-refractivity contribution in [3.8, 4) is 11.5 Å². The van der Waals surface area contributed by atoms with Gasteiger partial charge in [0.1, 0.15) is 11.5 Å². The number of hydrogen-bond donors (Lipinski definition) is 3. The minimum atomic E-state index is -4.42. The van der Waals surface area contributed by atoms with Crippen molar-refractivity contribution in [2.75, 3.05) is 6.61 Å². The molecule has 5 nitrogen and oxygen atoms in total. The van der Waals surface area contributed by atoms with Crippen molar-refractivity contribution in [3.63, 3.8) is 0 Å². The lowest BCUT2D eigenvalue weighted by Crippen LogP contribution is -2.42. The third-order valence-corrected chi connectivity index (χ3v) is 4.64. The second kappa shape index (κ2) is 8.73. The van der Waals surface area contributed by atoms with E-state index in [2.05, 4.69) is 5.32 Å². The number of hydrogen-bond acceptors (Lipinski definition) is 4. The van der Waals surface area contributed by atoms with E-state index < -0.39 is 36.4 Å². The maximum absolute atomic E-state index is 12.7. The zero-order chi connectivity index (χ0) is 21.9. The average Bonchev–Trinajstić information content (AvgIpc) is 2.72. The highest BCUT2D eigenvalue weighted by Crippen LogP contribution is 2.33. The monoisotopic (exact) mass is 419 g/mol. The van der Waals surface area contributed by atoms with E-state index in [0.29, 0.717) is 22.1 Å². The van der Waals surface area contributed by atoms with Crippen molar-refractivity contribution in [2.45, 2.75) is 25.2 Å². The molecule has 3 N–H and O–H groups in total. The second-order valence-corrected chi connectivity index (χ2v) is 6.83. The van der Waals surface area contributed by atoms with Crippen LogP contribution in [0.5, 0.6) is 11.5 Å². The number of carbonyl (C=O) groups excluding carboxylic acids is 1. The molecule has 1 amide bonds. The van der Waals surface area contributed by atoms with Crippen LogP contribution in [0.3, 0.4) is 0 Å². The Morgan fingerprint density at radius 3 is 2.43 bits per heavy atom. The predicted octanol–water partition coefficient (Wildman–Crippen LogP) is 4.12. The number of aliphatic hydroxyl groups excluding tert-OH is 2. The summed E-state index contributed by atoms with van der Waals surface area (Å²) in [4.78, 5) is 12.4. The molecule has 0 spiro atoms. The van der Waals surface area contributed by atoms with Gasteiger partial charge in [0.25, 0.3) is 5.91 Å². The van der Waals surface area contributed by atoms with Crippen molar-refractivity contribution in [2.24, 2.45) is 0 Å². The van der Waals surface area contributed by atoms with E-state index in [1.165, 1.54) is 12.1 Å². The average molecular weight is 419 g/mol. The van der Waals surface area contributed by atoms with Crippen molar-refractivity contribution in [1.82, 2.24) is 5.32 Å². The van der Waals surface area contributed by atoms with Gasteiger partial charge in [-0.2, -0.15) is 13.2 Å². The third kappa shape index (κ3) is 4.90. The zero-order valence-electron chi connectivity index (χ0n) is 16.0. The maximum atomic E-state index is 12.7. The Labute approximate surface area is 170 Å². The van der Waals surface area contributed by atoms with Crippen LogP contribution < -0.4 is 10.1 Å². The summed E-state index contributed by atoms with van der Waals surface area (Å²) in [6, 6.07) is 13.8. The molecule has 2 atom stereocenters. The number of halogens is 3. The summed E-state index contributed by atoms with van der Waals surface area (Å²) in [5, 5.41) is 22.5. The molecule has 158 valence electrons. The first-order valence-electron chi connectivity index (χ1n) is 9.16. The molecule has 0 heterocycles. The first-order valence-corrected chi connectivity index (χ1v) is 9.16. The predicted molar refractivity (Wildman–Crippen MR) is 105 cm³/mol. The largest absolute Gasteiger partial charge is 0.457 e. The van der Waals surface area contributed by atoms with Crippen LogP contribution in [0.1, 0.15) is 22.8 Å². The second-order valence-electron chi connectivity index (χ2n) is 6.83. The summed E-state index contributed by atoms with van der Waals surface area (Å²) in [7, 11) is 0. The molecule has 0 aliphatic rings. The van der Waals surface area contributed by atoms with Gasteiger partial charge in [0.2, 0.25) is 0 Å². The van der Waals surface area contributed by atoms with Crippen molar-refractivity contribution in [3.05, 3.63) is 71.8 Å². The van der Waals surface area contributed by atoms with Gasteiger partial charge in [0, 0.05) is 10.9 Å². The van der Waals surface area contributed by atoms with Crippen LogP contribution in [0.4, 0.5) is 13.2 Å². The number of benzene rings is 3. The van der Waals surface area contributed by atoms with E-state index in [1.54, 1.807) is 43.3 Å². The standard InChI is InChI=1S/C22H20F3NO4/c1-13(19(28)12-27)26-21(29)15-5-10-18-14(11-15)3-2-4-20(18)30-17-8-6-16(7-9-17)22(23,24)25/h2-11,13,19,27-28H,12H2,1H3,(H,26,29)/t13-,19-/m1/s1. The molecule has 3 aromatic carbocycles. The van der Waals surface area contributed by atoms with Gasteiger partial charge in [0.15, 0.2) is 0 Å². The highest BCUT2D eigenvalue weighted by molar-refractivity contribution is 6.00. The molecule has 0 saturated carbocycles. The molecule has 8 heteroatoms. The van der Waals surface area contributed by atoms with Crippen LogP contribution in [0.15, 0.2) is 60.7 Å². The van der Waals surface area contributed by atoms with Crippen LogP contribution in [-0.4, -0.2) is 34.9 Å². The van der Waals surface area contributed by atoms with Gasteiger partial charge < -0.3 is 20.3 Å². The van der Waals surface area contributed by atoms with Crippen LogP contribution in [0, 0.1) is 0 Å². The van der Waals surface area contributed by atoms with Gasteiger partial charge in [0.05, 0.1) is 24.3 Å². The fraction of sp³-hybridized carbons (Fsp3) is 0.227. The fourth-order valence-electron chi connectivity index (χ4n) is 2.87. The number of aliphatic hydroxyl groups is 2. The molecule has 0 bridgehead atoms. The highest BCUT2D eigenvalue weighted by atomic mass is 19.4. The lowest BCUT2D eigenvalue weighted by Gasteiger charge is -2.18. The van der Waals surface area contributed by atoms with Gasteiger partial charge in [-0.25, -0.2) is 0 Å². The van der Waals surface area contributed by atoms with E-state index in [0.717, 1.165) is 12.1 Å². The van der Waals surface area contributed by atoms with E-state index in [-0.39, 0.29) is 5.75 Å². The number of amides is 1. The van der Waals surface area contributed by atoms with Crippen molar-refractivity contribution < 1.29 is 32.9 Å². The molecular weight excluding hydrogens is 399 g/mol. The summed E-state index contributed by atoms with van der Waals surface area (Å²) in [5.74, 6) is 0.276. The number of fused-ring (bicyclic) bond motifs is 1. The number of carbonyl (C=O) groups is 1. The van der Waals surface area contributed by atoms with Crippen molar-refractivity contribution >= 4 is 16.7 Å². The normalized spacial score (nSPS) is 13.7. The number of rotatable bonds is 6. The Balaban J connectivity index is 1.82. The molecule has 0 aliphatic heterocycles. The van der Waals surface area contributed by atoms with Gasteiger partial charge in [-0.1, -0.05) is 12.1 Å². The van der Waals surface area contributed by atoms with Gasteiger partial charge >= 0.3 is 6.18 Å². The smallest absolute Gasteiger partial charge is 0.416 e. The first kappa shape index (κ1) is 21.6. The van der Waals surface area contributed by atoms with Gasteiger partial charge in [-0.05, 0) is 60.8 Å². The number of alkyl halides is 3. The number of ether oxygens (including phenoxy) is 1. The highest BCUT2D eigenvalue weighted by Gasteiger charge is 2.30. The van der Waals surface area contributed by atoms with Crippen LogP contribution in [0.2, 0.25) is 0 Å². The third-order valence-electron chi connectivity index (χ3n) is 4.64. The Kier molecular flexibility index (Phi) is 6.28. The Hall–Kier alpha value is -3.10. The summed E-state index contributed by atoms with van der Waals surface area (Å²) in [5.41, 5.74) is -0.407. The molecular formula is C22H20F3NO4. The molecule has 0 aromatic heterocycles. The molecule has 0 fully saturated rings. The molecule has 0 aliphatic carbocycles. The summed E-state index contributed by atoms with van der Waals surface area (Å²) in [6.45, 7) is 1.11. The molecule has 30 heavy (non-hydrogen) atoms.